The van der Waals surface area contributed by atoms with Crippen molar-refractivity contribution in [2.75, 3.05) is 12.3 Å². The zero-order valence-corrected chi connectivity index (χ0v) is 14.6. The van der Waals surface area contributed by atoms with E-state index in [1.165, 1.54) is 16.7 Å². The summed E-state index contributed by atoms with van der Waals surface area (Å²) in [7, 11) is 0. The van der Waals surface area contributed by atoms with Crippen molar-refractivity contribution < 1.29 is 0 Å². The number of rotatable bonds is 6. The van der Waals surface area contributed by atoms with Crippen LogP contribution in [0.2, 0.25) is 0 Å². The monoisotopic (exact) mass is 333 g/mol. The van der Waals surface area contributed by atoms with Crippen molar-refractivity contribution in [3.8, 4) is 0 Å². The topological polar surface area (TPSA) is 26.0 Å². The lowest BCUT2D eigenvalue weighted by Crippen LogP contribution is -2.27. The van der Waals surface area contributed by atoms with Gasteiger partial charge in [-0.15, -0.1) is 11.8 Å². The minimum absolute atomic E-state index is 0.232. The summed E-state index contributed by atoms with van der Waals surface area (Å²) < 4.78 is -0.232. The van der Waals surface area contributed by atoms with Crippen LogP contribution in [0.3, 0.4) is 0 Å². The highest BCUT2D eigenvalue weighted by Crippen LogP contribution is 2.49. The van der Waals surface area contributed by atoms with Crippen LogP contribution in [0.15, 0.2) is 96.6 Å². The summed E-state index contributed by atoms with van der Waals surface area (Å²) in [6.45, 7) is 0.668. The second-order valence-corrected chi connectivity index (χ2v) is 7.04. The van der Waals surface area contributed by atoms with Crippen molar-refractivity contribution >= 4 is 11.8 Å². The van der Waals surface area contributed by atoms with Gasteiger partial charge in [0, 0.05) is 12.3 Å². The largest absolute Gasteiger partial charge is 0.330 e. The number of nitrogens with two attached hydrogens (primary N) is 1. The normalized spacial score (nSPS) is 14.3. The first-order valence-corrected chi connectivity index (χ1v) is 9.35. The molecule has 2 aromatic rings. The fraction of sp³-hybridized carbons (Fsp3) is 0.182. The molecule has 2 aromatic carbocycles. The molecule has 2 heteroatoms. The molecule has 0 spiro atoms. The lowest BCUT2D eigenvalue weighted by atomic mass is 9.83. The van der Waals surface area contributed by atoms with Crippen LogP contribution in [-0.2, 0) is 4.75 Å². The molecule has 0 aromatic heterocycles. The van der Waals surface area contributed by atoms with E-state index in [-0.39, 0.29) is 4.75 Å². The second kappa shape index (κ2) is 8.18. The van der Waals surface area contributed by atoms with Gasteiger partial charge in [0.1, 0.15) is 0 Å². The first kappa shape index (κ1) is 16.8. The van der Waals surface area contributed by atoms with Crippen molar-refractivity contribution in [3.63, 3.8) is 0 Å². The van der Waals surface area contributed by atoms with Crippen molar-refractivity contribution in [1.29, 1.82) is 0 Å². The smallest absolute Gasteiger partial charge is 0.0904 e. The zero-order valence-electron chi connectivity index (χ0n) is 13.8. The Labute approximate surface area is 149 Å². The van der Waals surface area contributed by atoms with E-state index >= 15 is 0 Å². The van der Waals surface area contributed by atoms with Crippen LogP contribution in [-0.4, -0.2) is 12.3 Å². The SMILES string of the molecule is NCCSC(C1=CCC=CC=C1)(c1ccccc1)c1ccccc1. The summed E-state index contributed by atoms with van der Waals surface area (Å²) in [6, 6.07) is 21.5. The zero-order chi connectivity index (χ0) is 16.7. The number of benzene rings is 2. The molecule has 0 saturated heterocycles. The molecule has 0 bridgehead atoms. The maximum Gasteiger partial charge on any atom is 0.0904 e. The van der Waals surface area contributed by atoms with Gasteiger partial charge in [0.25, 0.3) is 0 Å². The standard InChI is InChI=1S/C22H23NS/c23-17-18-24-22(20-13-7-3-8-14-20,21-15-9-4-10-16-21)19-11-5-1-2-6-12-19/h1-5,7-16H,6,17-18,23H2. The Bertz CT molecular complexity index is 690. The van der Waals surface area contributed by atoms with E-state index < -0.39 is 0 Å². The maximum absolute atomic E-state index is 5.88. The highest BCUT2D eigenvalue weighted by Gasteiger charge is 2.37. The van der Waals surface area contributed by atoms with Gasteiger partial charge in [0.15, 0.2) is 0 Å². The van der Waals surface area contributed by atoms with Gasteiger partial charge in [0.2, 0.25) is 0 Å². The number of hydrogen-bond donors (Lipinski definition) is 1. The van der Waals surface area contributed by atoms with Crippen LogP contribution >= 0.6 is 11.8 Å². The van der Waals surface area contributed by atoms with Crippen molar-refractivity contribution in [1.82, 2.24) is 0 Å². The lowest BCUT2D eigenvalue weighted by Gasteiger charge is -2.36. The van der Waals surface area contributed by atoms with Gasteiger partial charge < -0.3 is 5.73 Å². The van der Waals surface area contributed by atoms with Gasteiger partial charge in [-0.1, -0.05) is 91.0 Å². The van der Waals surface area contributed by atoms with Crippen LogP contribution < -0.4 is 5.73 Å². The van der Waals surface area contributed by atoms with Crippen LogP contribution in [0.25, 0.3) is 0 Å². The minimum atomic E-state index is -0.232. The molecule has 24 heavy (non-hydrogen) atoms. The lowest BCUT2D eigenvalue weighted by molar-refractivity contribution is 0.885. The first-order valence-electron chi connectivity index (χ1n) is 8.37. The molecular formula is C22H23NS. The third kappa shape index (κ3) is 3.40. The second-order valence-electron chi connectivity index (χ2n) is 5.73. The van der Waals surface area contributed by atoms with E-state index in [9.17, 15) is 0 Å². The van der Waals surface area contributed by atoms with Crippen LogP contribution in [0.1, 0.15) is 17.5 Å². The van der Waals surface area contributed by atoms with E-state index in [1.807, 2.05) is 11.8 Å². The van der Waals surface area contributed by atoms with E-state index in [0.717, 1.165) is 12.2 Å². The number of allylic oxidation sites excluding steroid dienone is 5. The quantitative estimate of drug-likeness (QED) is 0.799. The molecule has 0 unspecified atom stereocenters. The third-order valence-corrected chi connectivity index (χ3v) is 5.78. The summed E-state index contributed by atoms with van der Waals surface area (Å²) in [5.41, 5.74) is 9.80. The highest BCUT2D eigenvalue weighted by atomic mass is 32.2. The predicted molar refractivity (Wildman–Crippen MR) is 106 cm³/mol. The molecule has 0 aliphatic heterocycles. The van der Waals surface area contributed by atoms with Gasteiger partial charge in [-0.2, -0.15) is 0 Å². The molecule has 0 saturated carbocycles. The molecule has 3 rings (SSSR count). The first-order chi connectivity index (χ1) is 11.9. The van der Waals surface area contributed by atoms with E-state index in [0.29, 0.717) is 6.54 Å². The molecule has 0 atom stereocenters. The summed E-state index contributed by atoms with van der Waals surface area (Å²) >= 11 is 1.92. The minimum Gasteiger partial charge on any atom is -0.330 e. The van der Waals surface area contributed by atoms with Crippen molar-refractivity contribution in [2.45, 2.75) is 11.2 Å². The Hall–Kier alpha value is -2.03. The molecule has 122 valence electrons. The Balaban J connectivity index is 2.22. The molecular weight excluding hydrogens is 310 g/mol. The molecule has 1 nitrogen and oxygen atoms in total. The van der Waals surface area contributed by atoms with Crippen LogP contribution in [0.4, 0.5) is 0 Å². The van der Waals surface area contributed by atoms with Crippen molar-refractivity contribution in [2.24, 2.45) is 5.73 Å². The Morgan fingerprint density at radius 1 is 0.875 bits per heavy atom. The fourth-order valence-electron chi connectivity index (χ4n) is 3.15. The average molecular weight is 334 g/mol. The Kier molecular flexibility index (Phi) is 5.73. The molecule has 0 heterocycles. The van der Waals surface area contributed by atoms with E-state index in [1.54, 1.807) is 0 Å². The number of thioether (sulfide) groups is 1. The van der Waals surface area contributed by atoms with Crippen LogP contribution in [0, 0.1) is 0 Å². The Morgan fingerprint density at radius 3 is 2.08 bits per heavy atom. The highest BCUT2D eigenvalue weighted by molar-refractivity contribution is 8.00. The van der Waals surface area contributed by atoms with Crippen molar-refractivity contribution in [3.05, 3.63) is 108 Å². The number of hydrogen-bond acceptors (Lipinski definition) is 2. The molecule has 1 aliphatic carbocycles. The summed E-state index contributed by atoms with van der Waals surface area (Å²) in [5.74, 6) is 0.905. The van der Waals surface area contributed by atoms with Gasteiger partial charge in [-0.25, -0.2) is 0 Å². The summed E-state index contributed by atoms with van der Waals surface area (Å²) in [4.78, 5) is 0. The van der Waals surface area contributed by atoms with Gasteiger partial charge in [-0.05, 0) is 23.1 Å². The summed E-state index contributed by atoms with van der Waals surface area (Å²) in [6.07, 6.45) is 12.0. The summed E-state index contributed by atoms with van der Waals surface area (Å²) in [5, 5.41) is 0. The van der Waals surface area contributed by atoms with E-state index in [2.05, 4.69) is 91.0 Å². The third-order valence-electron chi connectivity index (χ3n) is 4.20. The molecule has 1 aliphatic rings. The predicted octanol–water partition coefficient (Wildman–Crippen LogP) is 5.06. The van der Waals surface area contributed by atoms with Gasteiger partial charge >= 0.3 is 0 Å². The Morgan fingerprint density at radius 2 is 1.50 bits per heavy atom. The molecule has 0 amide bonds. The van der Waals surface area contributed by atoms with Gasteiger partial charge in [0.05, 0.1) is 4.75 Å². The van der Waals surface area contributed by atoms with Gasteiger partial charge in [-0.3, -0.25) is 0 Å². The van der Waals surface area contributed by atoms with Crippen LogP contribution in [0.5, 0.6) is 0 Å². The average Bonchev–Trinajstić information content (AvgIpc) is 2.94. The van der Waals surface area contributed by atoms with E-state index in [4.69, 9.17) is 5.73 Å². The maximum atomic E-state index is 5.88. The molecule has 2 N–H and O–H groups in total. The molecule has 0 fully saturated rings. The molecule has 0 radical (unpaired) electrons. The fourth-order valence-corrected chi connectivity index (χ4v) is 4.50.